The van der Waals surface area contributed by atoms with E-state index in [1.54, 1.807) is 0 Å². The van der Waals surface area contributed by atoms with Crippen molar-refractivity contribution in [2.24, 2.45) is 0 Å². The van der Waals surface area contributed by atoms with Crippen LogP contribution in [0.3, 0.4) is 0 Å². The Morgan fingerprint density at radius 2 is 0.431 bits per heavy atom. The van der Waals surface area contributed by atoms with Gasteiger partial charge in [0.25, 0.3) is 0 Å². The number of rotatable bonds is 6. The quantitative estimate of drug-likeness (QED) is 0.156. The Morgan fingerprint density at radius 3 is 0.603 bits per heavy atom. The maximum Gasteiger partial charge on any atom is 0.0473 e. The van der Waals surface area contributed by atoms with Gasteiger partial charge in [0.1, 0.15) is 0 Å². The van der Waals surface area contributed by atoms with Crippen LogP contribution < -0.4 is 9.80 Å². The number of hydrogen-bond donors (Lipinski definition) is 0. The lowest BCUT2D eigenvalue weighted by molar-refractivity contribution is 0.590. The van der Waals surface area contributed by atoms with Crippen LogP contribution in [0.25, 0.3) is 32.3 Å². The number of benzene rings is 8. The number of anilines is 6. The van der Waals surface area contributed by atoms with Crippen LogP contribution in [0.5, 0.6) is 0 Å². The SMILES string of the molecule is CC(C)(C)c1ccc(N(c2ccc(C(C)(C)C)cc2)c2cc3ccc4cc(N(c5ccc(C(C)(C)C)cc5)c5ccc(C(C)(C)C)cc5)cc5ccc(c2)c3c45)cc1. The Bertz CT molecular complexity index is 2330. The zero-order chi connectivity index (χ0) is 41.4. The molecule has 8 aromatic carbocycles. The molecular formula is C56H60N2. The molecule has 2 heteroatoms. The van der Waals surface area contributed by atoms with Gasteiger partial charge in [0.15, 0.2) is 0 Å². The third-order valence-electron chi connectivity index (χ3n) is 12.0. The van der Waals surface area contributed by atoms with E-state index >= 15 is 0 Å². The summed E-state index contributed by atoms with van der Waals surface area (Å²) < 4.78 is 0. The molecule has 0 saturated heterocycles. The Labute approximate surface area is 347 Å². The summed E-state index contributed by atoms with van der Waals surface area (Å²) in [5.74, 6) is 0. The summed E-state index contributed by atoms with van der Waals surface area (Å²) in [6.45, 7) is 27.3. The summed E-state index contributed by atoms with van der Waals surface area (Å²) in [7, 11) is 0. The Hall–Kier alpha value is -5.60. The summed E-state index contributed by atoms with van der Waals surface area (Å²) in [4.78, 5) is 4.83. The minimum Gasteiger partial charge on any atom is -0.310 e. The smallest absolute Gasteiger partial charge is 0.0473 e. The Balaban J connectivity index is 1.26. The lowest BCUT2D eigenvalue weighted by Gasteiger charge is -2.29. The van der Waals surface area contributed by atoms with Gasteiger partial charge in [-0.15, -0.1) is 0 Å². The van der Waals surface area contributed by atoms with E-state index in [0.29, 0.717) is 0 Å². The zero-order valence-electron chi connectivity index (χ0n) is 36.8. The number of nitrogens with zero attached hydrogens (tertiary/aromatic N) is 2. The Kier molecular flexibility index (Phi) is 9.50. The molecule has 0 N–H and O–H groups in total. The predicted molar refractivity (Wildman–Crippen MR) is 254 cm³/mol. The van der Waals surface area contributed by atoms with Gasteiger partial charge in [-0.3, -0.25) is 0 Å². The molecule has 0 fully saturated rings. The van der Waals surface area contributed by atoms with E-state index in [9.17, 15) is 0 Å². The van der Waals surface area contributed by atoms with Crippen molar-refractivity contribution in [1.82, 2.24) is 0 Å². The first-order valence-electron chi connectivity index (χ1n) is 21.0. The van der Waals surface area contributed by atoms with Gasteiger partial charge < -0.3 is 9.80 Å². The third kappa shape index (κ3) is 7.46. The summed E-state index contributed by atoms with van der Waals surface area (Å²) in [6, 6.07) is 55.3. The van der Waals surface area contributed by atoms with Crippen LogP contribution >= 0.6 is 0 Å². The standard InChI is InChI=1S/C56H60N2/c1-53(2,3)41-17-25-45(26-18-41)57(46-27-19-42(20-28-46)54(4,5)6)49-33-37-13-15-39-35-50(36-40-16-14-38(34-49)51(37)52(39)40)58(47-29-21-43(22-30-47)55(7,8)9)48-31-23-44(24-32-48)56(10,11)12/h13-36H,1-12H3. The van der Waals surface area contributed by atoms with Gasteiger partial charge in [0.05, 0.1) is 0 Å². The molecule has 0 saturated carbocycles. The molecule has 2 nitrogen and oxygen atoms in total. The largest absolute Gasteiger partial charge is 0.310 e. The average Bonchev–Trinajstić information content (AvgIpc) is 3.16. The van der Waals surface area contributed by atoms with Crippen LogP contribution in [-0.2, 0) is 21.7 Å². The van der Waals surface area contributed by atoms with Crippen LogP contribution in [0, 0.1) is 0 Å². The molecule has 8 rings (SSSR count). The van der Waals surface area contributed by atoms with Crippen LogP contribution in [-0.4, -0.2) is 0 Å². The molecule has 0 amide bonds. The van der Waals surface area contributed by atoms with Crippen molar-refractivity contribution >= 4 is 66.4 Å². The fourth-order valence-electron chi connectivity index (χ4n) is 8.40. The van der Waals surface area contributed by atoms with Crippen molar-refractivity contribution in [2.75, 3.05) is 9.80 Å². The summed E-state index contributed by atoms with van der Waals surface area (Å²) in [5, 5.41) is 7.60. The van der Waals surface area contributed by atoms with Gasteiger partial charge in [0, 0.05) is 34.1 Å². The van der Waals surface area contributed by atoms with E-state index in [1.165, 1.54) is 54.6 Å². The van der Waals surface area contributed by atoms with Crippen LogP contribution in [0.1, 0.15) is 105 Å². The molecule has 8 aromatic rings. The molecule has 0 bridgehead atoms. The first kappa shape index (κ1) is 39.2. The van der Waals surface area contributed by atoms with Gasteiger partial charge in [-0.1, -0.05) is 156 Å². The molecule has 294 valence electrons. The van der Waals surface area contributed by atoms with E-state index in [4.69, 9.17) is 0 Å². The highest BCUT2D eigenvalue weighted by Crippen LogP contribution is 2.45. The summed E-state index contributed by atoms with van der Waals surface area (Å²) in [5.41, 5.74) is 12.6. The molecular weight excluding hydrogens is 701 g/mol. The lowest BCUT2D eigenvalue weighted by Crippen LogP contribution is -2.14. The second kappa shape index (κ2) is 14.0. The minimum absolute atomic E-state index is 0.0824. The normalized spacial score (nSPS) is 12.8. The van der Waals surface area contributed by atoms with Crippen molar-refractivity contribution < 1.29 is 0 Å². The first-order valence-corrected chi connectivity index (χ1v) is 21.0. The molecule has 0 aliphatic rings. The van der Waals surface area contributed by atoms with Crippen LogP contribution in [0.2, 0.25) is 0 Å². The molecule has 0 aromatic heterocycles. The molecule has 0 heterocycles. The fourth-order valence-corrected chi connectivity index (χ4v) is 8.40. The van der Waals surface area contributed by atoms with Gasteiger partial charge >= 0.3 is 0 Å². The second-order valence-corrected chi connectivity index (χ2v) is 20.5. The van der Waals surface area contributed by atoms with Crippen molar-refractivity contribution in [3.8, 4) is 0 Å². The maximum atomic E-state index is 2.42. The summed E-state index contributed by atoms with van der Waals surface area (Å²) in [6.07, 6.45) is 0. The third-order valence-corrected chi connectivity index (χ3v) is 12.0. The van der Waals surface area contributed by atoms with E-state index in [2.05, 4.69) is 238 Å². The van der Waals surface area contributed by atoms with Gasteiger partial charge in [0.2, 0.25) is 0 Å². The van der Waals surface area contributed by atoms with Crippen molar-refractivity contribution in [2.45, 2.75) is 105 Å². The van der Waals surface area contributed by atoms with Crippen LogP contribution in [0.4, 0.5) is 34.1 Å². The first-order chi connectivity index (χ1) is 27.3. The van der Waals surface area contributed by atoms with E-state index < -0.39 is 0 Å². The number of hydrogen-bond acceptors (Lipinski definition) is 2. The monoisotopic (exact) mass is 760 g/mol. The lowest BCUT2D eigenvalue weighted by atomic mass is 9.86. The topological polar surface area (TPSA) is 6.48 Å². The average molecular weight is 761 g/mol. The highest BCUT2D eigenvalue weighted by Gasteiger charge is 2.23. The second-order valence-electron chi connectivity index (χ2n) is 20.5. The molecule has 0 atom stereocenters. The molecule has 58 heavy (non-hydrogen) atoms. The van der Waals surface area contributed by atoms with Gasteiger partial charge in [-0.25, -0.2) is 0 Å². The highest BCUT2D eigenvalue weighted by molar-refractivity contribution is 6.24. The van der Waals surface area contributed by atoms with Crippen molar-refractivity contribution in [3.63, 3.8) is 0 Å². The molecule has 0 aliphatic carbocycles. The molecule has 0 radical (unpaired) electrons. The maximum absolute atomic E-state index is 2.42. The fraction of sp³-hybridized carbons (Fsp3) is 0.286. The van der Waals surface area contributed by atoms with Gasteiger partial charge in [-0.2, -0.15) is 0 Å². The molecule has 0 aliphatic heterocycles. The van der Waals surface area contributed by atoms with Crippen molar-refractivity contribution in [1.29, 1.82) is 0 Å². The van der Waals surface area contributed by atoms with E-state index in [1.807, 2.05) is 0 Å². The van der Waals surface area contributed by atoms with E-state index in [-0.39, 0.29) is 21.7 Å². The van der Waals surface area contributed by atoms with Crippen molar-refractivity contribution in [3.05, 3.63) is 168 Å². The zero-order valence-corrected chi connectivity index (χ0v) is 36.8. The highest BCUT2D eigenvalue weighted by atomic mass is 15.1. The van der Waals surface area contributed by atoms with Gasteiger partial charge in [-0.05, 0) is 149 Å². The van der Waals surface area contributed by atoms with Crippen LogP contribution in [0.15, 0.2) is 146 Å². The minimum atomic E-state index is 0.0824. The molecule has 0 spiro atoms. The van der Waals surface area contributed by atoms with E-state index in [0.717, 1.165) is 34.1 Å². The molecule has 0 unspecified atom stereocenters. The predicted octanol–water partition coefficient (Wildman–Crippen LogP) is 16.7. The Morgan fingerprint density at radius 1 is 0.241 bits per heavy atom. The summed E-state index contributed by atoms with van der Waals surface area (Å²) >= 11 is 0.